The van der Waals surface area contributed by atoms with Gasteiger partial charge in [-0.3, -0.25) is 9.20 Å². The minimum atomic E-state index is -0.0875. The molecule has 1 aliphatic heterocycles. The summed E-state index contributed by atoms with van der Waals surface area (Å²) in [5, 5.41) is 3.43. The topological polar surface area (TPSA) is 68.1 Å². The molecule has 2 aromatic heterocycles. The molecular formula is C21H24N4O3. The van der Waals surface area contributed by atoms with E-state index in [1.54, 1.807) is 17.6 Å². The summed E-state index contributed by atoms with van der Waals surface area (Å²) >= 11 is 0. The first-order valence-corrected chi connectivity index (χ1v) is 9.38. The summed E-state index contributed by atoms with van der Waals surface area (Å²) in [7, 11) is 1.66. The molecule has 0 atom stereocenters. The number of hydrogen-bond acceptors (Lipinski definition) is 6. The molecule has 0 amide bonds. The first-order chi connectivity index (χ1) is 13.7. The molecule has 1 fully saturated rings. The van der Waals surface area contributed by atoms with E-state index in [4.69, 9.17) is 14.5 Å². The van der Waals surface area contributed by atoms with Crippen LogP contribution in [0.25, 0.3) is 5.65 Å². The molecule has 146 valence electrons. The summed E-state index contributed by atoms with van der Waals surface area (Å²) in [4.78, 5) is 19.6. The fraction of sp³-hybridized carbons (Fsp3) is 0.333. The molecule has 4 rings (SSSR count). The van der Waals surface area contributed by atoms with Crippen LogP contribution in [-0.4, -0.2) is 42.8 Å². The summed E-state index contributed by atoms with van der Waals surface area (Å²) in [5.74, 6) is 1.52. The van der Waals surface area contributed by atoms with Gasteiger partial charge >= 0.3 is 0 Å². The fourth-order valence-electron chi connectivity index (χ4n) is 3.45. The lowest BCUT2D eigenvalue weighted by molar-refractivity contribution is 0.122. The van der Waals surface area contributed by atoms with Crippen LogP contribution in [0.1, 0.15) is 11.1 Å². The Morgan fingerprint density at radius 2 is 2.00 bits per heavy atom. The van der Waals surface area contributed by atoms with Crippen molar-refractivity contribution in [2.45, 2.75) is 13.5 Å². The average molecular weight is 380 g/mol. The van der Waals surface area contributed by atoms with E-state index in [1.807, 2.05) is 43.5 Å². The molecule has 7 heteroatoms. The monoisotopic (exact) mass is 380 g/mol. The lowest BCUT2D eigenvalue weighted by atomic mass is 10.2. The second-order valence-electron chi connectivity index (χ2n) is 6.84. The number of fused-ring (bicyclic) bond motifs is 1. The van der Waals surface area contributed by atoms with Crippen molar-refractivity contribution in [2.24, 2.45) is 0 Å². The van der Waals surface area contributed by atoms with Gasteiger partial charge in [0.05, 0.1) is 26.0 Å². The van der Waals surface area contributed by atoms with E-state index in [0.717, 1.165) is 35.7 Å². The van der Waals surface area contributed by atoms with Crippen LogP contribution in [0.4, 0.5) is 11.5 Å². The second kappa shape index (κ2) is 7.90. The van der Waals surface area contributed by atoms with Gasteiger partial charge in [-0.05, 0) is 24.6 Å². The SMILES string of the molecule is COc1ccccc1CNc1cc(C)cn2c(=O)cc(N3CCOCC3)nc12. The molecule has 1 aliphatic rings. The lowest BCUT2D eigenvalue weighted by Gasteiger charge is -2.28. The van der Waals surface area contributed by atoms with Gasteiger partial charge in [-0.15, -0.1) is 0 Å². The zero-order chi connectivity index (χ0) is 19.5. The van der Waals surface area contributed by atoms with Crippen molar-refractivity contribution in [1.82, 2.24) is 9.38 Å². The zero-order valence-corrected chi connectivity index (χ0v) is 16.1. The summed E-state index contributed by atoms with van der Waals surface area (Å²) in [6, 6.07) is 11.5. The maximum atomic E-state index is 12.7. The van der Waals surface area contributed by atoms with Crippen LogP contribution < -0.4 is 20.5 Å². The van der Waals surface area contributed by atoms with Gasteiger partial charge in [0.25, 0.3) is 5.56 Å². The Bertz CT molecular complexity index is 1040. The first kappa shape index (κ1) is 18.3. The Kier molecular flexibility index (Phi) is 5.16. The highest BCUT2D eigenvalue weighted by molar-refractivity contribution is 5.70. The molecule has 0 spiro atoms. The number of nitrogens with zero attached hydrogens (tertiary/aromatic N) is 3. The van der Waals surface area contributed by atoms with Crippen molar-refractivity contribution in [3.05, 3.63) is 64.1 Å². The molecule has 3 aromatic rings. The third-order valence-electron chi connectivity index (χ3n) is 4.88. The van der Waals surface area contributed by atoms with E-state index in [1.165, 1.54) is 0 Å². The molecule has 0 saturated carbocycles. The van der Waals surface area contributed by atoms with Gasteiger partial charge in [0.2, 0.25) is 0 Å². The second-order valence-corrected chi connectivity index (χ2v) is 6.84. The number of para-hydroxylation sites is 1. The Hall–Kier alpha value is -3.06. The quantitative estimate of drug-likeness (QED) is 0.733. The number of anilines is 2. The van der Waals surface area contributed by atoms with Gasteiger partial charge in [0.15, 0.2) is 5.65 Å². The predicted molar refractivity (Wildman–Crippen MR) is 110 cm³/mol. The molecule has 3 heterocycles. The van der Waals surface area contributed by atoms with Crippen LogP contribution in [0.15, 0.2) is 47.4 Å². The third-order valence-corrected chi connectivity index (χ3v) is 4.88. The van der Waals surface area contributed by atoms with E-state index in [9.17, 15) is 4.79 Å². The summed E-state index contributed by atoms with van der Waals surface area (Å²) in [5.41, 5.74) is 3.37. The van der Waals surface area contributed by atoms with Crippen LogP contribution in [0, 0.1) is 6.92 Å². The van der Waals surface area contributed by atoms with Crippen molar-refractivity contribution >= 4 is 17.2 Å². The van der Waals surface area contributed by atoms with Gasteiger partial charge in [-0.25, -0.2) is 4.98 Å². The molecule has 0 radical (unpaired) electrons. The number of aromatic nitrogens is 2. The van der Waals surface area contributed by atoms with E-state index in [-0.39, 0.29) is 5.56 Å². The Morgan fingerprint density at radius 1 is 1.21 bits per heavy atom. The predicted octanol–water partition coefficient (Wildman–Crippen LogP) is 2.46. The molecule has 7 nitrogen and oxygen atoms in total. The largest absolute Gasteiger partial charge is 0.496 e. The Labute approximate surface area is 163 Å². The van der Waals surface area contributed by atoms with Crippen LogP contribution >= 0.6 is 0 Å². The van der Waals surface area contributed by atoms with Crippen molar-refractivity contribution in [3.8, 4) is 5.75 Å². The molecule has 0 aliphatic carbocycles. The van der Waals surface area contributed by atoms with Crippen LogP contribution in [0.3, 0.4) is 0 Å². The summed E-state index contributed by atoms with van der Waals surface area (Å²) in [6.45, 7) is 5.30. The van der Waals surface area contributed by atoms with Gasteiger partial charge in [-0.1, -0.05) is 18.2 Å². The van der Waals surface area contributed by atoms with Crippen molar-refractivity contribution in [3.63, 3.8) is 0 Å². The van der Waals surface area contributed by atoms with Crippen LogP contribution in [0.2, 0.25) is 0 Å². The van der Waals surface area contributed by atoms with E-state index in [0.29, 0.717) is 31.2 Å². The number of aryl methyl sites for hydroxylation is 1. The van der Waals surface area contributed by atoms with Crippen LogP contribution in [-0.2, 0) is 11.3 Å². The normalized spacial score (nSPS) is 14.3. The summed E-state index contributed by atoms with van der Waals surface area (Å²) in [6.07, 6.45) is 1.82. The Balaban J connectivity index is 1.72. The van der Waals surface area contributed by atoms with Gasteiger partial charge in [0.1, 0.15) is 11.6 Å². The highest BCUT2D eigenvalue weighted by Crippen LogP contribution is 2.23. The van der Waals surface area contributed by atoms with Crippen molar-refractivity contribution in [2.75, 3.05) is 43.6 Å². The number of rotatable bonds is 5. The summed E-state index contributed by atoms with van der Waals surface area (Å²) < 4.78 is 12.4. The molecule has 0 bridgehead atoms. The van der Waals surface area contributed by atoms with E-state index >= 15 is 0 Å². The number of pyridine rings is 1. The smallest absolute Gasteiger partial charge is 0.260 e. The number of morpholine rings is 1. The van der Waals surface area contributed by atoms with Crippen molar-refractivity contribution in [1.29, 1.82) is 0 Å². The molecule has 1 aromatic carbocycles. The van der Waals surface area contributed by atoms with Gasteiger partial charge in [0, 0.05) is 37.5 Å². The number of benzene rings is 1. The number of hydrogen-bond donors (Lipinski definition) is 1. The minimum Gasteiger partial charge on any atom is -0.496 e. The number of ether oxygens (including phenoxy) is 2. The fourth-order valence-corrected chi connectivity index (χ4v) is 3.45. The van der Waals surface area contributed by atoms with Gasteiger partial charge < -0.3 is 19.7 Å². The number of nitrogens with one attached hydrogen (secondary N) is 1. The average Bonchev–Trinajstić information content (AvgIpc) is 2.73. The lowest BCUT2D eigenvalue weighted by Crippen LogP contribution is -2.37. The molecule has 0 unspecified atom stereocenters. The molecular weight excluding hydrogens is 356 g/mol. The van der Waals surface area contributed by atoms with Crippen LogP contribution in [0.5, 0.6) is 5.75 Å². The van der Waals surface area contributed by atoms with Crippen molar-refractivity contribution < 1.29 is 9.47 Å². The maximum absolute atomic E-state index is 12.7. The maximum Gasteiger partial charge on any atom is 0.260 e. The molecule has 28 heavy (non-hydrogen) atoms. The molecule has 1 saturated heterocycles. The highest BCUT2D eigenvalue weighted by atomic mass is 16.5. The highest BCUT2D eigenvalue weighted by Gasteiger charge is 2.16. The third kappa shape index (κ3) is 3.66. The van der Waals surface area contributed by atoms with Gasteiger partial charge in [-0.2, -0.15) is 0 Å². The Morgan fingerprint density at radius 3 is 2.79 bits per heavy atom. The zero-order valence-electron chi connectivity index (χ0n) is 16.1. The molecule has 1 N–H and O–H groups in total. The number of methoxy groups -OCH3 is 1. The first-order valence-electron chi connectivity index (χ1n) is 9.38. The minimum absolute atomic E-state index is 0.0875. The van der Waals surface area contributed by atoms with E-state index in [2.05, 4.69) is 10.2 Å². The van der Waals surface area contributed by atoms with E-state index < -0.39 is 0 Å². The standard InChI is InChI=1S/C21H24N4O3/c1-15-11-17(22-13-16-5-3-4-6-18(16)27-2)21-23-19(12-20(26)25(21)14-15)24-7-9-28-10-8-24/h3-6,11-12,14,22H,7-10,13H2,1-2H3.